The van der Waals surface area contributed by atoms with Gasteiger partial charge in [0.25, 0.3) is 0 Å². The molecule has 15 heavy (non-hydrogen) atoms. The van der Waals surface area contributed by atoms with Gasteiger partial charge < -0.3 is 10.2 Å². The van der Waals surface area contributed by atoms with Crippen molar-refractivity contribution in [2.75, 3.05) is 5.33 Å². The van der Waals surface area contributed by atoms with Gasteiger partial charge in [-0.1, -0.05) is 27.5 Å². The van der Waals surface area contributed by atoms with Crippen molar-refractivity contribution in [2.45, 2.75) is 12.2 Å². The average Bonchev–Trinajstić information content (AvgIpc) is 2.14. The summed E-state index contributed by atoms with van der Waals surface area (Å²) in [6.07, 6.45) is -2.91. The topological polar surface area (TPSA) is 40.5 Å². The Hall–Kier alpha value is -0.230. The first-order valence-electron chi connectivity index (χ1n) is 4.04. The van der Waals surface area contributed by atoms with Gasteiger partial charge in [0.05, 0.1) is 11.7 Å². The van der Waals surface area contributed by atoms with E-state index < -0.39 is 29.4 Å². The molecule has 0 saturated heterocycles. The van der Waals surface area contributed by atoms with Crippen molar-refractivity contribution in [1.82, 2.24) is 0 Å². The number of aliphatic hydroxyl groups excluding tert-OH is 2. The zero-order valence-electron chi connectivity index (χ0n) is 7.42. The number of benzene rings is 1. The van der Waals surface area contributed by atoms with Crippen molar-refractivity contribution in [1.29, 1.82) is 0 Å². The van der Waals surface area contributed by atoms with Gasteiger partial charge >= 0.3 is 0 Å². The first-order valence-corrected chi connectivity index (χ1v) is 5.53. The molecule has 2 N–H and O–H groups in total. The Morgan fingerprint density at radius 3 is 2.13 bits per heavy atom. The maximum absolute atomic E-state index is 13.2. The molecule has 6 heteroatoms. The van der Waals surface area contributed by atoms with Crippen LogP contribution in [0.2, 0.25) is 5.02 Å². The summed E-state index contributed by atoms with van der Waals surface area (Å²) in [5.74, 6) is -1.96. The van der Waals surface area contributed by atoms with E-state index in [1.54, 1.807) is 0 Å². The van der Waals surface area contributed by atoms with Crippen LogP contribution in [0.15, 0.2) is 12.1 Å². The molecule has 2 atom stereocenters. The molecular weight excluding hydrogens is 293 g/mol. The van der Waals surface area contributed by atoms with Crippen molar-refractivity contribution < 1.29 is 19.0 Å². The van der Waals surface area contributed by atoms with Crippen LogP contribution in [0.25, 0.3) is 0 Å². The highest BCUT2D eigenvalue weighted by Gasteiger charge is 2.24. The Morgan fingerprint density at radius 2 is 1.73 bits per heavy atom. The minimum atomic E-state index is -1.62. The summed E-state index contributed by atoms with van der Waals surface area (Å²) in [4.78, 5) is 0. The van der Waals surface area contributed by atoms with Crippen molar-refractivity contribution in [3.05, 3.63) is 34.4 Å². The van der Waals surface area contributed by atoms with Gasteiger partial charge in [0.15, 0.2) is 0 Å². The van der Waals surface area contributed by atoms with E-state index in [-0.39, 0.29) is 10.4 Å². The van der Waals surface area contributed by atoms with Crippen LogP contribution in [0, 0.1) is 11.6 Å². The van der Waals surface area contributed by atoms with Crippen LogP contribution in [-0.4, -0.2) is 21.6 Å². The monoisotopic (exact) mass is 300 g/mol. The van der Waals surface area contributed by atoms with Crippen molar-refractivity contribution in [3.63, 3.8) is 0 Å². The molecule has 1 aromatic rings. The molecule has 0 bridgehead atoms. The zero-order chi connectivity index (χ0) is 11.6. The molecule has 0 amide bonds. The van der Waals surface area contributed by atoms with Gasteiger partial charge in [0.1, 0.15) is 17.7 Å². The second-order valence-electron chi connectivity index (χ2n) is 2.95. The Bertz CT molecular complexity index is 339. The van der Waals surface area contributed by atoms with Crippen molar-refractivity contribution in [3.8, 4) is 0 Å². The van der Waals surface area contributed by atoms with Crippen molar-refractivity contribution >= 4 is 27.5 Å². The van der Waals surface area contributed by atoms with Gasteiger partial charge in [-0.15, -0.1) is 0 Å². The highest BCUT2D eigenvalue weighted by molar-refractivity contribution is 9.09. The zero-order valence-corrected chi connectivity index (χ0v) is 9.76. The Morgan fingerprint density at radius 1 is 1.27 bits per heavy atom. The summed E-state index contributed by atoms with van der Waals surface area (Å²) >= 11 is 8.30. The van der Waals surface area contributed by atoms with Gasteiger partial charge in [-0.3, -0.25) is 0 Å². The van der Waals surface area contributed by atoms with Crippen LogP contribution in [0.1, 0.15) is 11.7 Å². The molecule has 0 fully saturated rings. The van der Waals surface area contributed by atoms with Gasteiger partial charge in [0, 0.05) is 10.4 Å². The van der Waals surface area contributed by atoms with E-state index in [0.717, 1.165) is 12.1 Å². The molecule has 0 aliphatic rings. The SMILES string of the molecule is OC(CBr)C(O)c1c(F)cc(Cl)cc1F. The third kappa shape index (κ3) is 2.87. The average molecular weight is 302 g/mol. The van der Waals surface area contributed by atoms with Crippen LogP contribution in [-0.2, 0) is 0 Å². The molecule has 2 nitrogen and oxygen atoms in total. The molecule has 0 heterocycles. The van der Waals surface area contributed by atoms with Gasteiger partial charge in [-0.25, -0.2) is 8.78 Å². The van der Waals surface area contributed by atoms with Crippen LogP contribution >= 0.6 is 27.5 Å². The lowest BCUT2D eigenvalue weighted by Crippen LogP contribution is -2.21. The number of halogens is 4. The van der Waals surface area contributed by atoms with Crippen LogP contribution in [0.3, 0.4) is 0 Å². The predicted octanol–water partition coefficient (Wildman–Crippen LogP) is 2.41. The fourth-order valence-electron chi connectivity index (χ4n) is 1.11. The quantitative estimate of drug-likeness (QED) is 0.842. The molecule has 2 unspecified atom stereocenters. The van der Waals surface area contributed by atoms with Gasteiger partial charge in [0.2, 0.25) is 0 Å². The maximum Gasteiger partial charge on any atom is 0.133 e. The lowest BCUT2D eigenvalue weighted by Gasteiger charge is -2.17. The number of aliphatic hydroxyl groups is 2. The fraction of sp³-hybridized carbons (Fsp3) is 0.333. The lowest BCUT2D eigenvalue weighted by atomic mass is 10.0. The molecule has 0 aromatic heterocycles. The summed E-state index contributed by atoms with van der Waals surface area (Å²) in [5.41, 5.74) is -0.577. The first kappa shape index (κ1) is 12.8. The highest BCUT2D eigenvalue weighted by atomic mass is 79.9. The standard InChI is InChI=1S/C9H8BrClF2O2/c10-3-7(14)9(15)8-5(12)1-4(11)2-6(8)13/h1-2,7,9,14-15H,3H2. The van der Waals surface area contributed by atoms with Gasteiger partial charge in [-0.05, 0) is 12.1 Å². The van der Waals surface area contributed by atoms with Gasteiger partial charge in [-0.2, -0.15) is 0 Å². The molecule has 0 radical (unpaired) electrons. The number of hydrogen-bond donors (Lipinski definition) is 2. The predicted molar refractivity (Wildman–Crippen MR) is 56.1 cm³/mol. The minimum absolute atomic E-state index is 0.00960. The Labute approximate surface area is 98.6 Å². The van der Waals surface area contributed by atoms with Crippen molar-refractivity contribution in [2.24, 2.45) is 0 Å². The molecular formula is C9H8BrClF2O2. The van der Waals surface area contributed by atoms with E-state index >= 15 is 0 Å². The maximum atomic E-state index is 13.2. The Balaban J connectivity index is 3.13. The molecule has 1 aromatic carbocycles. The molecule has 0 aliphatic carbocycles. The van der Waals surface area contributed by atoms with E-state index in [9.17, 15) is 19.0 Å². The minimum Gasteiger partial charge on any atom is -0.389 e. The van der Waals surface area contributed by atoms with E-state index in [0.29, 0.717) is 0 Å². The molecule has 1 rings (SSSR count). The number of hydrogen-bond acceptors (Lipinski definition) is 2. The number of rotatable bonds is 3. The first-order chi connectivity index (χ1) is 6.97. The number of alkyl halides is 1. The summed E-state index contributed by atoms with van der Waals surface area (Å²) in [7, 11) is 0. The van der Waals surface area contributed by atoms with Crippen LogP contribution < -0.4 is 0 Å². The fourth-order valence-corrected chi connectivity index (χ4v) is 1.66. The third-order valence-electron chi connectivity index (χ3n) is 1.86. The molecule has 84 valence electrons. The highest BCUT2D eigenvalue weighted by Crippen LogP contribution is 2.27. The lowest BCUT2D eigenvalue weighted by molar-refractivity contribution is 0.0296. The van der Waals surface area contributed by atoms with Crippen LogP contribution in [0.5, 0.6) is 0 Å². The summed E-state index contributed by atoms with van der Waals surface area (Å²) in [5, 5.41) is 18.6. The third-order valence-corrected chi connectivity index (χ3v) is 2.74. The summed E-state index contributed by atoms with van der Waals surface area (Å²) < 4.78 is 26.5. The Kier molecular flexibility index (Phi) is 4.45. The smallest absolute Gasteiger partial charge is 0.133 e. The summed E-state index contributed by atoms with van der Waals surface area (Å²) in [6, 6.07) is 1.76. The molecule has 0 aliphatic heterocycles. The van der Waals surface area contributed by atoms with E-state index in [1.165, 1.54) is 0 Å². The van der Waals surface area contributed by atoms with E-state index in [1.807, 2.05) is 0 Å². The van der Waals surface area contributed by atoms with Crippen LogP contribution in [0.4, 0.5) is 8.78 Å². The molecule has 0 spiro atoms. The largest absolute Gasteiger partial charge is 0.389 e. The normalized spacial score (nSPS) is 15.1. The summed E-state index contributed by atoms with van der Waals surface area (Å²) in [6.45, 7) is 0. The second kappa shape index (κ2) is 5.21. The molecule has 0 saturated carbocycles. The second-order valence-corrected chi connectivity index (χ2v) is 4.03. The van der Waals surface area contributed by atoms with E-state index in [4.69, 9.17) is 11.6 Å². The van der Waals surface area contributed by atoms with E-state index in [2.05, 4.69) is 15.9 Å².